The van der Waals surface area contributed by atoms with Crippen LogP contribution in [0.15, 0.2) is 85.5 Å². The van der Waals surface area contributed by atoms with Crippen LogP contribution in [0.2, 0.25) is 0 Å². The van der Waals surface area contributed by atoms with Gasteiger partial charge in [0.1, 0.15) is 22.8 Å². The van der Waals surface area contributed by atoms with E-state index in [1.807, 2.05) is 84.2 Å². The van der Waals surface area contributed by atoms with Crippen molar-refractivity contribution < 1.29 is 23.8 Å². The lowest BCUT2D eigenvalue weighted by Crippen LogP contribution is -2.23. The smallest absolute Gasteiger partial charge is 0.338 e. The number of nitrogen functional groups attached to an aromatic ring is 1. The summed E-state index contributed by atoms with van der Waals surface area (Å²) in [4.78, 5) is 34.6. The minimum Gasteiger partial charge on any atom is -0.497 e. The van der Waals surface area contributed by atoms with Gasteiger partial charge in [-0.15, -0.1) is 0 Å². The third-order valence-corrected chi connectivity index (χ3v) is 8.41. The number of nitrogens with zero attached hydrogens (tertiary/aromatic N) is 5. The number of hydrogen-bond donors (Lipinski definition) is 1. The third kappa shape index (κ3) is 7.28. The van der Waals surface area contributed by atoms with Crippen molar-refractivity contribution in [3.8, 4) is 11.5 Å². The number of methoxy groups -OCH3 is 2. The highest BCUT2D eigenvalue weighted by molar-refractivity contribution is 9.08. The number of esters is 1. The topological polar surface area (TPSA) is 127 Å². The molecule has 48 heavy (non-hydrogen) atoms. The zero-order valence-corrected chi connectivity index (χ0v) is 29.0. The van der Waals surface area contributed by atoms with E-state index < -0.39 is 0 Å². The first-order chi connectivity index (χ1) is 23.2. The molecule has 1 aliphatic rings. The quantitative estimate of drug-likeness (QED) is 0.150. The van der Waals surface area contributed by atoms with Gasteiger partial charge in [-0.05, 0) is 66.6 Å². The van der Waals surface area contributed by atoms with Crippen LogP contribution in [0, 0.1) is 0 Å². The summed E-state index contributed by atoms with van der Waals surface area (Å²) in [5.41, 5.74) is 12.1. The van der Waals surface area contributed by atoms with Gasteiger partial charge in [0, 0.05) is 48.2 Å². The number of nitrogens with two attached hydrogens (primary N) is 1. The van der Waals surface area contributed by atoms with Crippen LogP contribution < -0.4 is 20.1 Å². The van der Waals surface area contributed by atoms with E-state index in [2.05, 4.69) is 25.9 Å². The fourth-order valence-corrected chi connectivity index (χ4v) is 5.76. The molecule has 0 aliphatic carbocycles. The lowest BCUT2D eigenvalue weighted by molar-refractivity contribution is 0.0525. The van der Waals surface area contributed by atoms with E-state index in [0.717, 1.165) is 38.9 Å². The highest BCUT2D eigenvalue weighted by Gasteiger charge is 2.29. The van der Waals surface area contributed by atoms with Gasteiger partial charge in [0.15, 0.2) is 0 Å². The van der Waals surface area contributed by atoms with E-state index in [-0.39, 0.29) is 11.9 Å². The number of carbonyl (C=O) groups excluding carboxylic acids is 2. The minimum atomic E-state index is -0.314. The third-order valence-electron chi connectivity index (χ3n) is 7.81. The van der Waals surface area contributed by atoms with Crippen LogP contribution in [0.4, 0.5) is 11.4 Å². The van der Waals surface area contributed by atoms with E-state index in [9.17, 15) is 9.59 Å². The highest BCUT2D eigenvalue weighted by atomic mass is 79.9. The molecule has 0 unspecified atom stereocenters. The number of benzene rings is 2. The van der Waals surface area contributed by atoms with Crippen molar-refractivity contribution >= 4 is 61.2 Å². The predicted octanol–water partition coefficient (Wildman–Crippen LogP) is 6.66. The lowest BCUT2D eigenvalue weighted by Gasteiger charge is -2.15. The zero-order chi connectivity index (χ0) is 34.4. The molecule has 2 aromatic carbocycles. The molecule has 0 fully saturated rings. The van der Waals surface area contributed by atoms with Crippen molar-refractivity contribution in [2.45, 2.75) is 18.8 Å². The molecule has 1 aliphatic heterocycles. The Hall–Kier alpha value is -5.36. The van der Waals surface area contributed by atoms with E-state index >= 15 is 0 Å². The summed E-state index contributed by atoms with van der Waals surface area (Å²) in [5.74, 6) is 1.03. The number of carbonyl (C=O) groups is 2. The average molecular weight is 714 g/mol. The van der Waals surface area contributed by atoms with Crippen LogP contribution >= 0.6 is 15.9 Å². The molecule has 4 aromatic heterocycles. The van der Waals surface area contributed by atoms with Crippen molar-refractivity contribution in [3.05, 3.63) is 108 Å². The second-order valence-corrected chi connectivity index (χ2v) is 11.5. The normalized spacial score (nSPS) is 11.8. The van der Waals surface area contributed by atoms with Crippen LogP contribution in [-0.4, -0.2) is 51.8 Å². The Labute approximate surface area is 287 Å². The average Bonchev–Trinajstić information content (AvgIpc) is 3.78. The highest BCUT2D eigenvalue weighted by Crippen LogP contribution is 2.31. The number of aromatic nitrogens is 4. The van der Waals surface area contributed by atoms with E-state index in [4.69, 9.17) is 19.9 Å². The Kier molecular flexibility index (Phi) is 10.6. The summed E-state index contributed by atoms with van der Waals surface area (Å²) >= 11 is 3.33. The molecule has 5 heterocycles. The van der Waals surface area contributed by atoms with E-state index in [1.165, 1.54) is 0 Å². The summed E-state index contributed by atoms with van der Waals surface area (Å²) in [6, 6.07) is 18.9. The fourth-order valence-electron chi connectivity index (χ4n) is 5.28. The molecule has 11 nitrogen and oxygen atoms in total. The van der Waals surface area contributed by atoms with Gasteiger partial charge >= 0.3 is 5.97 Å². The maximum Gasteiger partial charge on any atom is 0.338 e. The van der Waals surface area contributed by atoms with Crippen LogP contribution in [0.5, 0.6) is 11.5 Å². The first-order valence-corrected chi connectivity index (χ1v) is 16.3. The van der Waals surface area contributed by atoms with Crippen LogP contribution in [-0.2, 0) is 30.7 Å². The molecule has 0 spiro atoms. The maximum absolute atomic E-state index is 12.6. The Balaban J connectivity index is 0.000000151. The molecule has 0 saturated heterocycles. The fraction of sp³-hybridized carbons (Fsp3) is 0.222. The zero-order valence-electron chi connectivity index (χ0n) is 27.4. The summed E-state index contributed by atoms with van der Waals surface area (Å²) in [7, 11) is 7.09. The standard InChI is InChI=1S/C17H15N3O2.C11H13BrO3.C8H9N3/c1-19-6-5-11-7-13(9-18-16(11)19)20-10-12-3-4-14(22-2)8-15(12)17(20)21;1-3-15-11(13)10-6-9(14-2)5-4-8(10)7-12;1-11-3-2-6-4-7(9)5-10-8(6)11/h3-9H,10H2,1-2H3;4-6H,3,7H2,1-2H3;2-5H,9H2,1H3. The van der Waals surface area contributed by atoms with Gasteiger partial charge in [-0.1, -0.05) is 28.1 Å². The van der Waals surface area contributed by atoms with Gasteiger partial charge < -0.3 is 34.0 Å². The molecule has 0 bridgehead atoms. The van der Waals surface area contributed by atoms with Crippen molar-refractivity contribution in [3.63, 3.8) is 0 Å². The molecule has 0 atom stereocenters. The molecular formula is C36H37BrN6O5. The van der Waals surface area contributed by atoms with Crippen molar-refractivity contribution in [1.82, 2.24) is 19.1 Å². The molecule has 0 saturated carbocycles. The van der Waals surface area contributed by atoms with Gasteiger partial charge in [0.2, 0.25) is 0 Å². The first kappa shape index (κ1) is 34.0. The summed E-state index contributed by atoms with van der Waals surface area (Å²) < 4.78 is 19.1. The van der Waals surface area contributed by atoms with Gasteiger partial charge in [-0.25, -0.2) is 14.8 Å². The molecule has 12 heteroatoms. The maximum atomic E-state index is 12.6. The monoisotopic (exact) mass is 712 g/mol. The van der Waals surface area contributed by atoms with Gasteiger partial charge in [0.25, 0.3) is 5.91 Å². The largest absolute Gasteiger partial charge is 0.497 e. The predicted molar refractivity (Wildman–Crippen MR) is 191 cm³/mol. The number of ether oxygens (including phenoxy) is 3. The van der Waals surface area contributed by atoms with Crippen molar-refractivity contribution in [2.24, 2.45) is 14.1 Å². The summed E-state index contributed by atoms with van der Waals surface area (Å²) in [5, 5.41) is 2.74. The van der Waals surface area contributed by atoms with E-state index in [0.29, 0.717) is 46.8 Å². The van der Waals surface area contributed by atoms with Crippen LogP contribution in [0.3, 0.4) is 0 Å². The number of amides is 1. The SMILES string of the molecule is CCOC(=O)c1cc(OC)ccc1CBr.COc1ccc2c(c1)C(=O)N(c1cnc3c(ccn3C)c1)C2.Cn1ccc2cc(N)cnc21. The minimum absolute atomic E-state index is 0.00835. The second-order valence-electron chi connectivity index (χ2n) is 10.9. The summed E-state index contributed by atoms with van der Waals surface area (Å²) in [6.45, 7) is 2.72. The van der Waals surface area contributed by atoms with Crippen molar-refractivity contribution in [2.75, 3.05) is 31.5 Å². The molecular weight excluding hydrogens is 676 g/mol. The lowest BCUT2D eigenvalue weighted by atomic mass is 10.1. The van der Waals surface area contributed by atoms with Crippen LogP contribution in [0.1, 0.15) is 38.8 Å². The van der Waals surface area contributed by atoms with E-state index in [1.54, 1.807) is 50.6 Å². The molecule has 6 aromatic rings. The van der Waals surface area contributed by atoms with Gasteiger partial charge in [0.05, 0.1) is 56.7 Å². The molecule has 248 valence electrons. The number of hydrogen-bond acceptors (Lipinski definition) is 8. The summed E-state index contributed by atoms with van der Waals surface area (Å²) in [6.07, 6.45) is 7.36. The number of halogens is 1. The number of fused-ring (bicyclic) bond motifs is 3. The second kappa shape index (κ2) is 15.0. The number of alkyl halides is 1. The Morgan fingerprint density at radius 3 is 2.15 bits per heavy atom. The molecule has 0 radical (unpaired) electrons. The first-order valence-electron chi connectivity index (χ1n) is 15.1. The van der Waals surface area contributed by atoms with Crippen molar-refractivity contribution in [1.29, 1.82) is 0 Å². The number of aryl methyl sites for hydroxylation is 2. The molecule has 7 rings (SSSR count). The number of anilines is 2. The number of rotatable bonds is 6. The van der Waals surface area contributed by atoms with Gasteiger partial charge in [-0.2, -0.15) is 0 Å². The van der Waals surface area contributed by atoms with Crippen LogP contribution in [0.25, 0.3) is 22.1 Å². The Morgan fingerprint density at radius 2 is 1.50 bits per heavy atom. The van der Waals surface area contributed by atoms with Gasteiger partial charge in [-0.3, -0.25) is 4.79 Å². The Bertz CT molecular complexity index is 2090. The Morgan fingerprint density at radius 1 is 0.875 bits per heavy atom. The molecule has 1 amide bonds. The molecule has 2 N–H and O–H groups in total. The number of pyridine rings is 2.